The maximum atomic E-state index is 5.81. The summed E-state index contributed by atoms with van der Waals surface area (Å²) >= 11 is 0. The van der Waals surface area contributed by atoms with E-state index in [4.69, 9.17) is 5.73 Å². The molecule has 1 heteroatoms. The summed E-state index contributed by atoms with van der Waals surface area (Å²) < 4.78 is 0. The van der Waals surface area contributed by atoms with Crippen molar-refractivity contribution in [3.63, 3.8) is 0 Å². The monoisotopic (exact) mass is 275 g/mol. The highest BCUT2D eigenvalue weighted by Gasteiger charge is 2.05. The lowest BCUT2D eigenvalue weighted by molar-refractivity contribution is 0.986. The minimum Gasteiger partial charge on any atom is -0.398 e. The van der Waals surface area contributed by atoms with E-state index in [1.54, 1.807) is 0 Å². The number of benzene rings is 2. The number of fused-ring (bicyclic) bond motifs is 2. The number of rotatable bonds is 0. The first-order valence-corrected chi connectivity index (χ1v) is 7.60. The molecule has 2 aromatic carbocycles. The standard InChI is InChI=1S/C10H11N.C10H10/c11-10-7-3-5-8-4-1-2-6-9(8)10;1-2-6-10-8-4-3-7-9(10)5-1/h1-3,5,7H,4,6,11H2;1-3,5-7H,4,8H2. The molecule has 0 aromatic heterocycles. The predicted molar refractivity (Wildman–Crippen MR) is 91.2 cm³/mol. The summed E-state index contributed by atoms with van der Waals surface area (Å²) in [4.78, 5) is 0. The molecule has 2 aliphatic rings. The van der Waals surface area contributed by atoms with Crippen LogP contribution in [0.15, 0.2) is 60.7 Å². The van der Waals surface area contributed by atoms with Gasteiger partial charge in [-0.3, -0.25) is 0 Å². The van der Waals surface area contributed by atoms with Crippen molar-refractivity contribution in [2.75, 3.05) is 5.73 Å². The van der Waals surface area contributed by atoms with E-state index in [0.717, 1.165) is 18.5 Å². The van der Waals surface area contributed by atoms with Crippen LogP contribution in [0, 0.1) is 0 Å². The minimum absolute atomic E-state index is 0.937. The van der Waals surface area contributed by atoms with Crippen LogP contribution in [-0.4, -0.2) is 0 Å². The number of nitrogen functional groups attached to an aromatic ring is 1. The van der Waals surface area contributed by atoms with Gasteiger partial charge in [0, 0.05) is 5.69 Å². The van der Waals surface area contributed by atoms with Gasteiger partial charge in [0.2, 0.25) is 0 Å². The van der Waals surface area contributed by atoms with Gasteiger partial charge < -0.3 is 5.73 Å². The van der Waals surface area contributed by atoms with Crippen LogP contribution in [0.3, 0.4) is 0 Å². The number of hydrogen-bond donors (Lipinski definition) is 1. The van der Waals surface area contributed by atoms with E-state index in [9.17, 15) is 0 Å². The van der Waals surface area contributed by atoms with Crippen molar-refractivity contribution < 1.29 is 0 Å². The van der Waals surface area contributed by atoms with Crippen LogP contribution in [0.1, 0.15) is 28.7 Å². The van der Waals surface area contributed by atoms with Crippen molar-refractivity contribution in [2.24, 2.45) is 0 Å². The maximum absolute atomic E-state index is 5.81. The van der Waals surface area contributed by atoms with E-state index in [2.05, 4.69) is 54.6 Å². The zero-order valence-corrected chi connectivity index (χ0v) is 12.3. The normalized spacial score (nSPS) is 14.7. The van der Waals surface area contributed by atoms with E-state index >= 15 is 0 Å². The van der Waals surface area contributed by atoms with Crippen LogP contribution >= 0.6 is 0 Å². The third-order valence-corrected chi connectivity index (χ3v) is 4.07. The Kier molecular flexibility index (Phi) is 4.20. The molecule has 0 saturated heterocycles. The number of allylic oxidation sites excluding steroid dienone is 3. The van der Waals surface area contributed by atoms with Crippen LogP contribution in [0.4, 0.5) is 5.69 Å². The van der Waals surface area contributed by atoms with Gasteiger partial charge in [-0.05, 0) is 54.0 Å². The Labute approximate surface area is 126 Å². The summed E-state index contributed by atoms with van der Waals surface area (Å²) in [5.74, 6) is 0. The molecule has 2 N–H and O–H groups in total. The summed E-state index contributed by atoms with van der Waals surface area (Å²) in [5, 5.41) is 0. The van der Waals surface area contributed by atoms with Crippen LogP contribution in [-0.2, 0) is 19.3 Å². The molecule has 0 amide bonds. The first-order chi connectivity index (χ1) is 10.3. The average molecular weight is 275 g/mol. The molecular formula is C20H21N. The topological polar surface area (TPSA) is 26.0 Å². The zero-order chi connectivity index (χ0) is 14.5. The highest BCUT2D eigenvalue weighted by molar-refractivity contribution is 5.56. The van der Waals surface area contributed by atoms with Crippen molar-refractivity contribution >= 4 is 11.8 Å². The number of nitrogens with two attached hydrogens (primary N) is 1. The molecule has 0 aliphatic heterocycles. The lowest BCUT2D eigenvalue weighted by Crippen LogP contribution is -2.01. The van der Waals surface area contributed by atoms with Crippen molar-refractivity contribution in [3.05, 3.63) is 82.9 Å². The fourth-order valence-electron chi connectivity index (χ4n) is 2.88. The van der Waals surface area contributed by atoms with E-state index in [1.807, 2.05) is 12.1 Å². The third-order valence-electron chi connectivity index (χ3n) is 4.07. The Balaban J connectivity index is 0.000000126. The first kappa shape index (κ1) is 13.7. The third kappa shape index (κ3) is 3.25. The molecule has 21 heavy (non-hydrogen) atoms. The minimum atomic E-state index is 0.937. The Morgan fingerprint density at radius 3 is 2.43 bits per heavy atom. The summed E-state index contributed by atoms with van der Waals surface area (Å²) in [7, 11) is 0. The Hall–Kier alpha value is -2.28. The first-order valence-electron chi connectivity index (χ1n) is 7.60. The van der Waals surface area contributed by atoms with Gasteiger partial charge in [-0.15, -0.1) is 0 Å². The van der Waals surface area contributed by atoms with Crippen LogP contribution in [0.5, 0.6) is 0 Å². The smallest absolute Gasteiger partial charge is 0.0352 e. The Morgan fingerprint density at radius 1 is 0.762 bits per heavy atom. The van der Waals surface area contributed by atoms with Crippen LogP contribution < -0.4 is 5.73 Å². The van der Waals surface area contributed by atoms with Crippen molar-refractivity contribution in [1.82, 2.24) is 0 Å². The van der Waals surface area contributed by atoms with Gasteiger partial charge in [0.05, 0.1) is 0 Å². The second-order valence-corrected chi connectivity index (χ2v) is 5.50. The molecule has 0 unspecified atom stereocenters. The molecule has 0 atom stereocenters. The second kappa shape index (κ2) is 6.45. The van der Waals surface area contributed by atoms with Gasteiger partial charge in [-0.2, -0.15) is 0 Å². The number of anilines is 1. The molecule has 0 radical (unpaired) electrons. The molecule has 0 bridgehead atoms. The summed E-state index contributed by atoms with van der Waals surface area (Å²) in [6.07, 6.45) is 13.3. The van der Waals surface area contributed by atoms with Gasteiger partial charge in [0.25, 0.3) is 0 Å². The fraction of sp³-hybridized carbons (Fsp3) is 0.200. The van der Waals surface area contributed by atoms with E-state index in [0.29, 0.717) is 0 Å². The molecule has 106 valence electrons. The lowest BCUT2D eigenvalue weighted by atomic mass is 9.96. The number of aryl methyl sites for hydroxylation is 1. The van der Waals surface area contributed by atoms with Crippen molar-refractivity contribution in [1.29, 1.82) is 0 Å². The molecule has 0 heterocycles. The highest BCUT2D eigenvalue weighted by Crippen LogP contribution is 2.21. The van der Waals surface area contributed by atoms with Gasteiger partial charge in [0.15, 0.2) is 0 Å². The van der Waals surface area contributed by atoms with Crippen molar-refractivity contribution in [2.45, 2.75) is 25.7 Å². The van der Waals surface area contributed by atoms with Crippen LogP contribution in [0.25, 0.3) is 6.08 Å². The van der Waals surface area contributed by atoms with Gasteiger partial charge >= 0.3 is 0 Å². The largest absolute Gasteiger partial charge is 0.398 e. The molecule has 0 saturated carbocycles. The second-order valence-electron chi connectivity index (χ2n) is 5.50. The molecule has 0 fully saturated rings. The van der Waals surface area contributed by atoms with E-state index in [-0.39, 0.29) is 0 Å². The predicted octanol–water partition coefficient (Wildman–Crippen LogP) is 4.57. The Morgan fingerprint density at radius 2 is 1.57 bits per heavy atom. The molecule has 1 nitrogen and oxygen atoms in total. The lowest BCUT2D eigenvalue weighted by Gasteiger charge is -2.12. The number of hydrogen-bond acceptors (Lipinski definition) is 1. The molecule has 2 aromatic rings. The summed E-state index contributed by atoms with van der Waals surface area (Å²) in [5.41, 5.74) is 12.3. The van der Waals surface area contributed by atoms with Gasteiger partial charge in [-0.1, -0.05) is 60.7 Å². The highest BCUT2D eigenvalue weighted by atomic mass is 14.6. The van der Waals surface area contributed by atoms with Crippen LogP contribution in [0.2, 0.25) is 0 Å². The molecule has 0 spiro atoms. The fourth-order valence-corrected chi connectivity index (χ4v) is 2.88. The molecular weight excluding hydrogens is 254 g/mol. The summed E-state index contributed by atoms with van der Waals surface area (Å²) in [6, 6.07) is 14.7. The van der Waals surface area contributed by atoms with E-state index < -0.39 is 0 Å². The SMILES string of the molecule is C1=Cc2ccccc2CC1.Nc1cccc2c1CC=CC2. The molecule has 4 rings (SSSR count). The zero-order valence-electron chi connectivity index (χ0n) is 12.3. The van der Waals surface area contributed by atoms with Crippen molar-refractivity contribution in [3.8, 4) is 0 Å². The summed E-state index contributed by atoms with van der Waals surface area (Å²) in [6.45, 7) is 0. The maximum Gasteiger partial charge on any atom is 0.0352 e. The average Bonchev–Trinajstić information content (AvgIpc) is 2.56. The quantitative estimate of drug-likeness (QED) is 0.553. The van der Waals surface area contributed by atoms with Gasteiger partial charge in [-0.25, -0.2) is 0 Å². The molecule has 2 aliphatic carbocycles. The van der Waals surface area contributed by atoms with Gasteiger partial charge in [0.1, 0.15) is 0 Å². The van der Waals surface area contributed by atoms with E-state index in [1.165, 1.54) is 35.1 Å². The Bertz CT molecular complexity index is 680.